The van der Waals surface area contributed by atoms with E-state index in [9.17, 15) is 9.18 Å². The minimum atomic E-state index is -0.334. The highest BCUT2D eigenvalue weighted by Crippen LogP contribution is 2.21. The first-order chi connectivity index (χ1) is 9.53. The van der Waals surface area contributed by atoms with Crippen molar-refractivity contribution in [3.05, 3.63) is 29.6 Å². The normalized spacial score (nSPS) is 12.1. The lowest BCUT2D eigenvalue weighted by Crippen LogP contribution is -2.34. The third-order valence-electron chi connectivity index (χ3n) is 3.35. The van der Waals surface area contributed by atoms with Crippen molar-refractivity contribution in [2.45, 2.75) is 26.8 Å². The van der Waals surface area contributed by atoms with Gasteiger partial charge in [-0.15, -0.1) is 0 Å². The topological polar surface area (TPSA) is 41.6 Å². The number of rotatable bonds is 7. The molecule has 1 amide bonds. The fourth-order valence-electron chi connectivity index (χ4n) is 1.92. The Hall–Kier alpha value is -1.62. The molecule has 1 atom stereocenters. The van der Waals surface area contributed by atoms with E-state index < -0.39 is 0 Å². The second-order valence-electron chi connectivity index (χ2n) is 4.55. The van der Waals surface area contributed by atoms with Gasteiger partial charge in [-0.1, -0.05) is 6.07 Å². The van der Waals surface area contributed by atoms with Crippen molar-refractivity contribution >= 4 is 5.91 Å². The standard InChI is InChI=1S/C15H23FN2O2/c1-5-18(6-2)15(19)10-20-12-7-8-13(11(3)17-4)14(16)9-12/h7-9,11,17H,5-6,10H2,1-4H3. The molecular weight excluding hydrogens is 259 g/mol. The number of likely N-dealkylation sites (N-methyl/N-ethyl adjacent to an activating group) is 1. The fourth-order valence-corrected chi connectivity index (χ4v) is 1.92. The van der Waals surface area contributed by atoms with Crippen LogP contribution in [0.3, 0.4) is 0 Å². The number of carbonyl (C=O) groups excluding carboxylic acids is 1. The molecule has 0 spiro atoms. The number of amides is 1. The van der Waals surface area contributed by atoms with E-state index in [0.29, 0.717) is 24.4 Å². The van der Waals surface area contributed by atoms with Gasteiger partial charge in [-0.2, -0.15) is 0 Å². The van der Waals surface area contributed by atoms with Gasteiger partial charge in [-0.05, 0) is 33.9 Å². The average Bonchev–Trinajstić information content (AvgIpc) is 2.45. The molecule has 0 saturated carbocycles. The molecule has 0 fully saturated rings. The first kappa shape index (κ1) is 16.4. The van der Waals surface area contributed by atoms with Crippen LogP contribution in [0, 0.1) is 5.82 Å². The maximum absolute atomic E-state index is 13.9. The van der Waals surface area contributed by atoms with Gasteiger partial charge in [0.15, 0.2) is 6.61 Å². The summed E-state index contributed by atoms with van der Waals surface area (Å²) in [6, 6.07) is 4.61. The molecule has 0 radical (unpaired) electrons. The van der Waals surface area contributed by atoms with Crippen LogP contribution in [0.4, 0.5) is 4.39 Å². The summed E-state index contributed by atoms with van der Waals surface area (Å²) in [5, 5.41) is 2.98. The van der Waals surface area contributed by atoms with Gasteiger partial charge >= 0.3 is 0 Å². The lowest BCUT2D eigenvalue weighted by Gasteiger charge is -2.19. The van der Waals surface area contributed by atoms with Crippen LogP contribution >= 0.6 is 0 Å². The Morgan fingerprint density at radius 2 is 2.05 bits per heavy atom. The summed E-state index contributed by atoms with van der Waals surface area (Å²) in [4.78, 5) is 13.5. The van der Waals surface area contributed by atoms with Gasteiger partial charge in [0.2, 0.25) is 0 Å². The molecule has 4 nitrogen and oxygen atoms in total. The van der Waals surface area contributed by atoms with Crippen LogP contribution in [0.5, 0.6) is 5.75 Å². The average molecular weight is 282 g/mol. The van der Waals surface area contributed by atoms with Crippen molar-refractivity contribution in [2.24, 2.45) is 0 Å². The highest BCUT2D eigenvalue weighted by Gasteiger charge is 2.12. The zero-order valence-corrected chi connectivity index (χ0v) is 12.6. The summed E-state index contributed by atoms with van der Waals surface area (Å²) in [5.41, 5.74) is 0.579. The number of nitrogens with one attached hydrogen (secondary N) is 1. The maximum Gasteiger partial charge on any atom is 0.260 e. The smallest absolute Gasteiger partial charge is 0.260 e. The van der Waals surface area contributed by atoms with Gasteiger partial charge < -0.3 is 15.0 Å². The molecule has 1 aromatic rings. The Morgan fingerprint density at radius 1 is 1.40 bits per heavy atom. The van der Waals surface area contributed by atoms with Crippen LogP contribution in [0.15, 0.2) is 18.2 Å². The first-order valence-corrected chi connectivity index (χ1v) is 6.90. The maximum atomic E-state index is 13.9. The van der Waals surface area contributed by atoms with Gasteiger partial charge in [0.25, 0.3) is 5.91 Å². The number of halogens is 1. The van der Waals surface area contributed by atoms with E-state index in [0.717, 1.165) is 0 Å². The second-order valence-corrected chi connectivity index (χ2v) is 4.55. The predicted octanol–water partition coefficient (Wildman–Crippen LogP) is 2.35. The zero-order valence-electron chi connectivity index (χ0n) is 12.6. The number of ether oxygens (including phenoxy) is 1. The van der Waals surface area contributed by atoms with Crippen LogP contribution < -0.4 is 10.1 Å². The molecule has 20 heavy (non-hydrogen) atoms. The number of hydrogen-bond acceptors (Lipinski definition) is 3. The molecule has 112 valence electrons. The predicted molar refractivity (Wildman–Crippen MR) is 77.3 cm³/mol. The Morgan fingerprint density at radius 3 is 2.55 bits per heavy atom. The summed E-state index contributed by atoms with van der Waals surface area (Å²) in [7, 11) is 1.78. The highest BCUT2D eigenvalue weighted by molar-refractivity contribution is 5.77. The summed E-state index contributed by atoms with van der Waals surface area (Å²) in [6.45, 7) is 6.92. The summed E-state index contributed by atoms with van der Waals surface area (Å²) < 4.78 is 19.2. The largest absolute Gasteiger partial charge is 0.484 e. The van der Waals surface area contributed by atoms with Crippen molar-refractivity contribution in [3.63, 3.8) is 0 Å². The molecule has 0 saturated heterocycles. The van der Waals surface area contributed by atoms with Crippen molar-refractivity contribution in [2.75, 3.05) is 26.7 Å². The van der Waals surface area contributed by atoms with E-state index in [4.69, 9.17) is 4.74 Å². The van der Waals surface area contributed by atoms with Crippen molar-refractivity contribution in [1.82, 2.24) is 10.2 Å². The van der Waals surface area contributed by atoms with E-state index in [1.807, 2.05) is 20.8 Å². The number of nitrogens with zero attached hydrogens (tertiary/aromatic N) is 1. The van der Waals surface area contributed by atoms with Gasteiger partial charge in [0.05, 0.1) is 0 Å². The summed E-state index contributed by atoms with van der Waals surface area (Å²) in [6.07, 6.45) is 0. The highest BCUT2D eigenvalue weighted by atomic mass is 19.1. The second kappa shape index (κ2) is 7.85. The Kier molecular flexibility index (Phi) is 6.45. The van der Waals surface area contributed by atoms with Gasteiger partial charge in [0.1, 0.15) is 11.6 Å². The molecule has 5 heteroatoms. The third-order valence-corrected chi connectivity index (χ3v) is 3.35. The molecule has 0 aliphatic rings. The molecule has 1 rings (SSSR count). The van der Waals surface area contributed by atoms with Crippen LogP contribution in [0.2, 0.25) is 0 Å². The molecule has 1 unspecified atom stereocenters. The van der Waals surface area contributed by atoms with Crippen LogP contribution in [0.1, 0.15) is 32.4 Å². The van der Waals surface area contributed by atoms with Crippen molar-refractivity contribution < 1.29 is 13.9 Å². The molecule has 0 heterocycles. The van der Waals surface area contributed by atoms with Crippen molar-refractivity contribution in [3.8, 4) is 5.75 Å². The lowest BCUT2D eigenvalue weighted by molar-refractivity contribution is -0.132. The Bertz CT molecular complexity index is 447. The van der Waals surface area contributed by atoms with Gasteiger partial charge in [0, 0.05) is 30.8 Å². The molecule has 0 aromatic heterocycles. The number of hydrogen-bond donors (Lipinski definition) is 1. The molecule has 0 aliphatic heterocycles. The number of carbonyl (C=O) groups is 1. The van der Waals surface area contributed by atoms with E-state index in [1.54, 1.807) is 24.1 Å². The van der Waals surface area contributed by atoms with Crippen molar-refractivity contribution in [1.29, 1.82) is 0 Å². The Balaban J connectivity index is 2.66. The van der Waals surface area contributed by atoms with Crippen LogP contribution in [-0.2, 0) is 4.79 Å². The molecule has 0 bridgehead atoms. The third kappa shape index (κ3) is 4.20. The minimum Gasteiger partial charge on any atom is -0.484 e. The SMILES string of the molecule is CCN(CC)C(=O)COc1ccc(C(C)NC)c(F)c1. The van der Waals surface area contributed by atoms with E-state index in [1.165, 1.54) is 6.07 Å². The lowest BCUT2D eigenvalue weighted by atomic mass is 10.1. The zero-order chi connectivity index (χ0) is 15.1. The summed E-state index contributed by atoms with van der Waals surface area (Å²) >= 11 is 0. The summed E-state index contributed by atoms with van der Waals surface area (Å²) in [5.74, 6) is -0.0576. The monoisotopic (exact) mass is 282 g/mol. The fraction of sp³-hybridized carbons (Fsp3) is 0.533. The van der Waals surface area contributed by atoms with Crippen LogP contribution in [-0.4, -0.2) is 37.6 Å². The van der Waals surface area contributed by atoms with Gasteiger partial charge in [-0.25, -0.2) is 4.39 Å². The Labute approximate surface area is 119 Å². The van der Waals surface area contributed by atoms with E-state index in [2.05, 4.69) is 5.32 Å². The molecule has 0 aliphatic carbocycles. The quantitative estimate of drug-likeness (QED) is 0.834. The first-order valence-electron chi connectivity index (χ1n) is 6.90. The minimum absolute atomic E-state index is 0.0674. The van der Waals surface area contributed by atoms with E-state index in [-0.39, 0.29) is 24.4 Å². The molecule has 1 N–H and O–H groups in total. The molecular formula is C15H23FN2O2. The number of benzene rings is 1. The molecule has 1 aromatic carbocycles. The van der Waals surface area contributed by atoms with Crippen LogP contribution in [0.25, 0.3) is 0 Å². The van der Waals surface area contributed by atoms with Gasteiger partial charge in [-0.3, -0.25) is 4.79 Å². The van der Waals surface area contributed by atoms with E-state index >= 15 is 0 Å².